The van der Waals surface area contributed by atoms with Gasteiger partial charge in [0.05, 0.1) is 12.7 Å². The van der Waals surface area contributed by atoms with Gasteiger partial charge in [-0.3, -0.25) is 14.3 Å². The zero-order chi connectivity index (χ0) is 12.4. The zero-order valence-electron chi connectivity index (χ0n) is 9.68. The Balaban J connectivity index is 2.33. The molecule has 0 saturated carbocycles. The predicted molar refractivity (Wildman–Crippen MR) is 60.9 cm³/mol. The summed E-state index contributed by atoms with van der Waals surface area (Å²) in [6.45, 7) is 1.81. The first-order valence-corrected chi connectivity index (χ1v) is 5.76. The van der Waals surface area contributed by atoms with Crippen LogP contribution >= 0.6 is 0 Å². The quantitative estimate of drug-likeness (QED) is 0.764. The molecule has 1 aliphatic rings. The minimum absolute atomic E-state index is 0.0464. The summed E-state index contributed by atoms with van der Waals surface area (Å²) in [5, 5.41) is 8.97. The number of hydrogen-bond donors (Lipinski definition) is 2. The van der Waals surface area contributed by atoms with Gasteiger partial charge in [0.15, 0.2) is 0 Å². The van der Waals surface area contributed by atoms with Gasteiger partial charge in [-0.15, -0.1) is 0 Å². The summed E-state index contributed by atoms with van der Waals surface area (Å²) in [5.74, 6) is 0. The van der Waals surface area contributed by atoms with E-state index < -0.39 is 5.69 Å². The molecule has 2 rings (SSSR count). The van der Waals surface area contributed by atoms with Crippen molar-refractivity contribution in [2.75, 3.05) is 6.61 Å². The van der Waals surface area contributed by atoms with Crippen LogP contribution in [-0.2, 0) is 11.2 Å². The van der Waals surface area contributed by atoms with Crippen molar-refractivity contribution in [2.24, 2.45) is 0 Å². The fraction of sp³-hybridized carbons (Fsp3) is 0.636. The van der Waals surface area contributed by atoms with E-state index >= 15 is 0 Å². The van der Waals surface area contributed by atoms with Gasteiger partial charge in [-0.25, -0.2) is 4.79 Å². The van der Waals surface area contributed by atoms with Gasteiger partial charge in [-0.1, -0.05) is 6.92 Å². The van der Waals surface area contributed by atoms with Gasteiger partial charge in [0, 0.05) is 11.8 Å². The number of aryl methyl sites for hydroxylation is 1. The molecular formula is C11H16N2O4. The summed E-state index contributed by atoms with van der Waals surface area (Å²) in [6.07, 6.45) is 2.89. The summed E-state index contributed by atoms with van der Waals surface area (Å²) in [7, 11) is 0. The van der Waals surface area contributed by atoms with Crippen molar-refractivity contribution in [1.82, 2.24) is 9.55 Å². The summed E-state index contributed by atoms with van der Waals surface area (Å²) in [4.78, 5) is 25.3. The fourth-order valence-electron chi connectivity index (χ4n) is 2.02. The molecule has 2 atom stereocenters. The van der Waals surface area contributed by atoms with Crippen LogP contribution in [0.1, 0.15) is 31.6 Å². The second kappa shape index (κ2) is 4.85. The molecule has 94 valence electrons. The average Bonchev–Trinajstić information content (AvgIpc) is 2.78. The van der Waals surface area contributed by atoms with Crippen molar-refractivity contribution >= 4 is 0 Å². The molecule has 2 N–H and O–H groups in total. The van der Waals surface area contributed by atoms with Gasteiger partial charge in [0.25, 0.3) is 5.56 Å². The lowest BCUT2D eigenvalue weighted by Gasteiger charge is -2.15. The highest BCUT2D eigenvalue weighted by Gasteiger charge is 2.26. The number of ether oxygens (including phenoxy) is 1. The first-order valence-electron chi connectivity index (χ1n) is 5.76. The maximum Gasteiger partial charge on any atom is 0.330 e. The number of hydrogen-bond acceptors (Lipinski definition) is 4. The summed E-state index contributed by atoms with van der Waals surface area (Å²) in [5.41, 5.74) is -0.248. The van der Waals surface area contributed by atoms with E-state index in [1.807, 2.05) is 6.92 Å². The highest BCUT2D eigenvalue weighted by molar-refractivity contribution is 5.04. The Kier molecular flexibility index (Phi) is 3.44. The lowest BCUT2D eigenvalue weighted by Crippen LogP contribution is -2.34. The van der Waals surface area contributed by atoms with Gasteiger partial charge >= 0.3 is 5.69 Å². The van der Waals surface area contributed by atoms with E-state index in [2.05, 4.69) is 4.98 Å². The largest absolute Gasteiger partial charge is 0.394 e. The van der Waals surface area contributed by atoms with Crippen LogP contribution < -0.4 is 11.2 Å². The Bertz CT molecular complexity index is 505. The van der Waals surface area contributed by atoms with Gasteiger partial charge in [0.1, 0.15) is 6.23 Å². The van der Waals surface area contributed by atoms with E-state index in [0.29, 0.717) is 24.8 Å². The van der Waals surface area contributed by atoms with Crippen molar-refractivity contribution in [1.29, 1.82) is 0 Å². The van der Waals surface area contributed by atoms with E-state index in [1.54, 1.807) is 6.20 Å². The van der Waals surface area contributed by atoms with E-state index in [-0.39, 0.29) is 24.5 Å². The minimum atomic E-state index is -0.462. The molecule has 1 aromatic heterocycles. The van der Waals surface area contributed by atoms with Crippen molar-refractivity contribution in [3.63, 3.8) is 0 Å². The smallest absolute Gasteiger partial charge is 0.330 e. The normalized spacial score (nSPS) is 24.1. The third-order valence-electron chi connectivity index (χ3n) is 3.02. The Labute approximate surface area is 97.9 Å². The number of aromatic amines is 1. The zero-order valence-corrected chi connectivity index (χ0v) is 9.68. The highest BCUT2D eigenvalue weighted by Crippen LogP contribution is 2.26. The molecule has 1 aromatic rings. The van der Waals surface area contributed by atoms with E-state index in [1.165, 1.54) is 4.57 Å². The Morgan fingerprint density at radius 2 is 2.29 bits per heavy atom. The number of aromatic nitrogens is 2. The van der Waals surface area contributed by atoms with Crippen LogP contribution in [0.15, 0.2) is 15.8 Å². The highest BCUT2D eigenvalue weighted by atomic mass is 16.5. The second-order valence-electron chi connectivity index (χ2n) is 4.15. The Hall–Kier alpha value is -1.40. The molecule has 1 aliphatic heterocycles. The summed E-state index contributed by atoms with van der Waals surface area (Å²) < 4.78 is 6.91. The first kappa shape index (κ1) is 12.1. The molecule has 0 amide bonds. The predicted octanol–water partition coefficient (Wildman–Crippen LogP) is -0.231. The molecule has 0 bridgehead atoms. The second-order valence-corrected chi connectivity index (χ2v) is 4.15. The molecule has 17 heavy (non-hydrogen) atoms. The van der Waals surface area contributed by atoms with Crippen LogP contribution in [0.2, 0.25) is 0 Å². The molecule has 0 unspecified atom stereocenters. The van der Waals surface area contributed by atoms with Crippen LogP contribution in [0.3, 0.4) is 0 Å². The van der Waals surface area contributed by atoms with Crippen LogP contribution in [0.25, 0.3) is 0 Å². The van der Waals surface area contributed by atoms with Crippen molar-refractivity contribution in [2.45, 2.75) is 38.5 Å². The molecular weight excluding hydrogens is 224 g/mol. The SMILES string of the molecule is CCc1cn([C@@H]2CC[C@H](CO)O2)c(=O)[nH]c1=O. The maximum atomic E-state index is 11.7. The van der Waals surface area contributed by atoms with Crippen LogP contribution in [-0.4, -0.2) is 27.4 Å². The van der Waals surface area contributed by atoms with Crippen LogP contribution in [0, 0.1) is 0 Å². The van der Waals surface area contributed by atoms with E-state index in [4.69, 9.17) is 9.84 Å². The van der Waals surface area contributed by atoms with E-state index in [9.17, 15) is 9.59 Å². The van der Waals surface area contributed by atoms with Crippen molar-refractivity contribution in [3.05, 3.63) is 32.6 Å². The third kappa shape index (κ3) is 2.32. The topological polar surface area (TPSA) is 84.3 Å². The van der Waals surface area contributed by atoms with Crippen LogP contribution in [0.5, 0.6) is 0 Å². The maximum absolute atomic E-state index is 11.7. The standard InChI is InChI=1S/C11H16N2O4/c1-2-7-5-13(11(16)12-10(7)15)9-4-3-8(6-14)17-9/h5,8-9,14H,2-4,6H2,1H3,(H,12,15,16)/t8-,9+/m1/s1. The van der Waals surface area contributed by atoms with Gasteiger partial charge in [-0.05, 0) is 19.3 Å². The number of H-pyrrole nitrogens is 1. The number of aliphatic hydroxyl groups is 1. The molecule has 6 heteroatoms. The molecule has 6 nitrogen and oxygen atoms in total. The Morgan fingerprint density at radius 1 is 1.53 bits per heavy atom. The fourth-order valence-corrected chi connectivity index (χ4v) is 2.02. The van der Waals surface area contributed by atoms with Crippen molar-refractivity contribution < 1.29 is 9.84 Å². The third-order valence-corrected chi connectivity index (χ3v) is 3.02. The average molecular weight is 240 g/mol. The molecule has 0 spiro atoms. The minimum Gasteiger partial charge on any atom is -0.394 e. The molecule has 1 saturated heterocycles. The molecule has 1 fully saturated rings. The molecule has 2 heterocycles. The summed E-state index contributed by atoms with van der Waals surface area (Å²) in [6, 6.07) is 0. The summed E-state index contributed by atoms with van der Waals surface area (Å²) >= 11 is 0. The van der Waals surface area contributed by atoms with Crippen molar-refractivity contribution in [3.8, 4) is 0 Å². The number of aliphatic hydroxyl groups excluding tert-OH is 1. The molecule has 0 aliphatic carbocycles. The number of nitrogens with zero attached hydrogens (tertiary/aromatic N) is 1. The lowest BCUT2D eigenvalue weighted by atomic mass is 10.2. The van der Waals surface area contributed by atoms with Crippen LogP contribution in [0.4, 0.5) is 0 Å². The first-order chi connectivity index (χ1) is 8.15. The monoisotopic (exact) mass is 240 g/mol. The lowest BCUT2D eigenvalue weighted by molar-refractivity contribution is -0.0247. The van der Waals surface area contributed by atoms with Gasteiger partial charge in [0.2, 0.25) is 0 Å². The molecule has 0 aromatic carbocycles. The van der Waals surface area contributed by atoms with Gasteiger partial charge in [-0.2, -0.15) is 0 Å². The number of nitrogens with one attached hydrogen (secondary N) is 1. The number of rotatable bonds is 3. The van der Waals surface area contributed by atoms with Gasteiger partial charge < -0.3 is 9.84 Å². The van der Waals surface area contributed by atoms with E-state index in [0.717, 1.165) is 0 Å². The molecule has 0 radical (unpaired) electrons. The Morgan fingerprint density at radius 3 is 2.88 bits per heavy atom.